The van der Waals surface area contributed by atoms with Gasteiger partial charge >= 0.3 is 0 Å². The number of amides is 1. The molecule has 0 aliphatic heterocycles. The zero-order valence-electron chi connectivity index (χ0n) is 15.3. The van der Waals surface area contributed by atoms with E-state index in [0.29, 0.717) is 17.0 Å². The van der Waals surface area contributed by atoms with Gasteiger partial charge in [0.1, 0.15) is 5.75 Å². The number of benzene rings is 2. The number of aryl methyl sites for hydroxylation is 1. The Bertz CT molecular complexity index is 1080. The molecule has 7 nitrogen and oxygen atoms in total. The summed E-state index contributed by atoms with van der Waals surface area (Å²) in [7, 11) is -2.34. The molecule has 144 valence electrons. The summed E-state index contributed by atoms with van der Waals surface area (Å²) < 4.78 is 33.1. The van der Waals surface area contributed by atoms with Gasteiger partial charge in [0.15, 0.2) is 0 Å². The van der Waals surface area contributed by atoms with Crippen molar-refractivity contribution in [2.24, 2.45) is 0 Å². The molecule has 0 radical (unpaired) electrons. The van der Waals surface area contributed by atoms with E-state index in [1.54, 1.807) is 49.4 Å². The fourth-order valence-corrected chi connectivity index (χ4v) is 3.64. The smallest absolute Gasteiger partial charge is 0.261 e. The van der Waals surface area contributed by atoms with Crippen molar-refractivity contribution >= 4 is 27.3 Å². The normalized spacial score (nSPS) is 10.9. The maximum absolute atomic E-state index is 12.7. The molecule has 3 rings (SSSR count). The standard InChI is InChI=1S/C20H19N3O4S/c1-14-4-3-5-18(19(14)22-20(24)15-10-12-21-13-11-15)23-28(25,26)17-8-6-16(27-2)7-9-17/h3-13,23H,1-2H3,(H,22,24). The molecule has 0 saturated heterocycles. The first-order valence-electron chi connectivity index (χ1n) is 8.38. The highest BCUT2D eigenvalue weighted by atomic mass is 32.2. The van der Waals surface area contributed by atoms with E-state index in [4.69, 9.17) is 4.74 Å². The Hall–Kier alpha value is -3.39. The number of aromatic nitrogens is 1. The predicted octanol–water partition coefficient (Wildman–Crippen LogP) is 3.45. The quantitative estimate of drug-likeness (QED) is 0.664. The number of rotatable bonds is 6. The van der Waals surface area contributed by atoms with Gasteiger partial charge in [0.2, 0.25) is 0 Å². The fourth-order valence-electron chi connectivity index (χ4n) is 2.57. The molecule has 0 bridgehead atoms. The lowest BCUT2D eigenvalue weighted by molar-refractivity contribution is 0.102. The van der Waals surface area contributed by atoms with Crippen LogP contribution in [0.1, 0.15) is 15.9 Å². The number of carbonyl (C=O) groups excluding carboxylic acids is 1. The van der Waals surface area contributed by atoms with Gasteiger partial charge in [0, 0.05) is 18.0 Å². The topological polar surface area (TPSA) is 97.4 Å². The first-order valence-corrected chi connectivity index (χ1v) is 9.87. The van der Waals surface area contributed by atoms with Crippen molar-refractivity contribution in [1.29, 1.82) is 0 Å². The van der Waals surface area contributed by atoms with Gasteiger partial charge in [-0.2, -0.15) is 0 Å². The number of hydrogen-bond acceptors (Lipinski definition) is 5. The molecule has 0 saturated carbocycles. The molecule has 2 aromatic carbocycles. The fraction of sp³-hybridized carbons (Fsp3) is 0.100. The van der Waals surface area contributed by atoms with E-state index < -0.39 is 10.0 Å². The van der Waals surface area contributed by atoms with Crippen LogP contribution in [0.2, 0.25) is 0 Å². The second-order valence-electron chi connectivity index (χ2n) is 5.97. The summed E-state index contributed by atoms with van der Waals surface area (Å²) in [6.45, 7) is 1.79. The van der Waals surface area contributed by atoms with Gasteiger partial charge in [0.25, 0.3) is 15.9 Å². The molecule has 0 atom stereocenters. The highest BCUT2D eigenvalue weighted by Gasteiger charge is 2.18. The third-order valence-corrected chi connectivity index (χ3v) is 5.45. The van der Waals surface area contributed by atoms with Crippen LogP contribution in [0.4, 0.5) is 11.4 Å². The zero-order chi connectivity index (χ0) is 20.1. The Morgan fingerprint density at radius 3 is 2.32 bits per heavy atom. The predicted molar refractivity (Wildman–Crippen MR) is 107 cm³/mol. The van der Waals surface area contributed by atoms with Crippen LogP contribution >= 0.6 is 0 Å². The minimum Gasteiger partial charge on any atom is -0.497 e. The first-order chi connectivity index (χ1) is 13.4. The number of nitrogens with one attached hydrogen (secondary N) is 2. The lowest BCUT2D eigenvalue weighted by Gasteiger charge is -2.16. The molecule has 0 aliphatic carbocycles. The van der Waals surface area contributed by atoms with Crippen LogP contribution in [-0.4, -0.2) is 26.4 Å². The number of anilines is 2. The van der Waals surface area contributed by atoms with Crippen molar-refractivity contribution in [3.05, 3.63) is 78.1 Å². The molecular weight excluding hydrogens is 378 g/mol. The van der Waals surface area contributed by atoms with Gasteiger partial charge in [-0.15, -0.1) is 0 Å². The summed E-state index contributed by atoms with van der Waals surface area (Å²) in [6, 6.07) is 14.3. The summed E-state index contributed by atoms with van der Waals surface area (Å²) in [6.07, 6.45) is 3.03. The van der Waals surface area contributed by atoms with Crippen LogP contribution in [0, 0.1) is 6.92 Å². The monoisotopic (exact) mass is 397 g/mol. The van der Waals surface area contributed by atoms with E-state index in [0.717, 1.165) is 5.56 Å². The molecule has 1 amide bonds. The summed E-state index contributed by atoms with van der Waals surface area (Å²) in [4.78, 5) is 16.5. The lowest BCUT2D eigenvalue weighted by Crippen LogP contribution is -2.18. The van der Waals surface area contributed by atoms with Gasteiger partial charge in [-0.05, 0) is 55.0 Å². The highest BCUT2D eigenvalue weighted by molar-refractivity contribution is 7.92. The van der Waals surface area contributed by atoms with Crippen molar-refractivity contribution in [3.8, 4) is 5.75 Å². The number of methoxy groups -OCH3 is 1. The van der Waals surface area contributed by atoms with Crippen LogP contribution in [0.3, 0.4) is 0 Å². The van der Waals surface area contributed by atoms with Gasteiger partial charge in [-0.25, -0.2) is 8.42 Å². The zero-order valence-corrected chi connectivity index (χ0v) is 16.2. The molecular formula is C20H19N3O4S. The molecule has 28 heavy (non-hydrogen) atoms. The highest BCUT2D eigenvalue weighted by Crippen LogP contribution is 2.29. The second kappa shape index (κ2) is 8.10. The Morgan fingerprint density at radius 1 is 1.00 bits per heavy atom. The molecule has 2 N–H and O–H groups in total. The summed E-state index contributed by atoms with van der Waals surface area (Å²) in [5.74, 6) is 0.196. The van der Waals surface area contributed by atoms with Gasteiger partial charge < -0.3 is 10.1 Å². The maximum atomic E-state index is 12.7. The second-order valence-corrected chi connectivity index (χ2v) is 7.65. The van der Waals surface area contributed by atoms with Crippen LogP contribution in [0.25, 0.3) is 0 Å². The first kappa shape index (κ1) is 19.4. The van der Waals surface area contributed by atoms with Crippen LogP contribution in [-0.2, 0) is 10.0 Å². The van der Waals surface area contributed by atoms with Crippen molar-refractivity contribution in [2.75, 3.05) is 17.1 Å². The molecule has 1 aromatic heterocycles. The summed E-state index contributed by atoms with van der Waals surface area (Å²) >= 11 is 0. The van der Waals surface area contributed by atoms with E-state index in [9.17, 15) is 13.2 Å². The number of ether oxygens (including phenoxy) is 1. The average molecular weight is 397 g/mol. The Morgan fingerprint density at radius 2 is 1.68 bits per heavy atom. The molecule has 1 heterocycles. The van der Waals surface area contributed by atoms with Crippen LogP contribution < -0.4 is 14.8 Å². The molecule has 0 unspecified atom stereocenters. The minimum absolute atomic E-state index is 0.0845. The van der Waals surface area contributed by atoms with Crippen molar-refractivity contribution < 1.29 is 17.9 Å². The lowest BCUT2D eigenvalue weighted by atomic mass is 10.1. The number of hydrogen-bond donors (Lipinski definition) is 2. The Labute approximate surface area is 163 Å². The van der Waals surface area contributed by atoms with E-state index in [1.807, 2.05) is 0 Å². The summed E-state index contributed by atoms with van der Waals surface area (Å²) in [5, 5.41) is 2.77. The Kier molecular flexibility index (Phi) is 5.60. The number of pyridine rings is 1. The number of carbonyl (C=O) groups is 1. The number of para-hydroxylation sites is 1. The summed E-state index contributed by atoms with van der Waals surface area (Å²) in [5.41, 5.74) is 1.80. The molecule has 0 aliphatic rings. The maximum Gasteiger partial charge on any atom is 0.261 e. The number of sulfonamides is 1. The largest absolute Gasteiger partial charge is 0.497 e. The van der Waals surface area contributed by atoms with Crippen molar-refractivity contribution in [3.63, 3.8) is 0 Å². The molecule has 0 fully saturated rings. The van der Waals surface area contributed by atoms with Crippen LogP contribution in [0.15, 0.2) is 71.9 Å². The third-order valence-electron chi connectivity index (χ3n) is 4.07. The minimum atomic E-state index is -3.84. The number of nitrogens with zero attached hydrogens (tertiary/aromatic N) is 1. The van der Waals surface area contributed by atoms with E-state index in [-0.39, 0.29) is 16.5 Å². The average Bonchev–Trinajstić information content (AvgIpc) is 2.71. The van der Waals surface area contributed by atoms with E-state index in [1.165, 1.54) is 31.6 Å². The van der Waals surface area contributed by atoms with E-state index >= 15 is 0 Å². The van der Waals surface area contributed by atoms with Gasteiger partial charge in [-0.1, -0.05) is 12.1 Å². The molecule has 3 aromatic rings. The SMILES string of the molecule is COc1ccc(S(=O)(=O)Nc2cccc(C)c2NC(=O)c2ccncc2)cc1. The van der Waals surface area contributed by atoms with Gasteiger partial charge in [-0.3, -0.25) is 14.5 Å². The molecule has 0 spiro atoms. The van der Waals surface area contributed by atoms with E-state index in [2.05, 4.69) is 15.0 Å². The Balaban J connectivity index is 1.90. The van der Waals surface area contributed by atoms with Crippen molar-refractivity contribution in [1.82, 2.24) is 4.98 Å². The van der Waals surface area contributed by atoms with Crippen molar-refractivity contribution in [2.45, 2.75) is 11.8 Å². The third kappa shape index (κ3) is 4.29. The van der Waals surface area contributed by atoms with Gasteiger partial charge in [0.05, 0.1) is 23.4 Å². The molecule has 8 heteroatoms. The van der Waals surface area contributed by atoms with Crippen LogP contribution in [0.5, 0.6) is 5.75 Å².